The molecule has 0 saturated heterocycles. The van der Waals surface area contributed by atoms with Crippen molar-refractivity contribution in [3.63, 3.8) is 0 Å². The maximum absolute atomic E-state index is 12.2. The van der Waals surface area contributed by atoms with Gasteiger partial charge in [0.1, 0.15) is 5.76 Å². The Morgan fingerprint density at radius 1 is 1.42 bits per heavy atom. The van der Waals surface area contributed by atoms with Gasteiger partial charge in [-0.05, 0) is 26.0 Å². The number of thioether (sulfide) groups is 1. The standard InChI is InChI=1S/C17H18N4O3S2/c1-10-8-14(20-24-10)18-16(23)11(2)25-9-15(22)19-17-21(3)12-6-4-5-7-13(12)26-17/h4-8,11H,9H2,1-3H3,(H,18,20,23)/t11-/m1/s1. The highest BCUT2D eigenvalue weighted by Crippen LogP contribution is 2.16. The molecule has 0 radical (unpaired) electrons. The average molecular weight is 390 g/mol. The van der Waals surface area contributed by atoms with Crippen molar-refractivity contribution in [1.29, 1.82) is 0 Å². The van der Waals surface area contributed by atoms with Crippen molar-refractivity contribution >= 4 is 50.9 Å². The number of thiazole rings is 1. The van der Waals surface area contributed by atoms with Gasteiger partial charge in [-0.2, -0.15) is 4.99 Å². The molecule has 0 aliphatic heterocycles. The number of nitrogens with zero attached hydrogens (tertiary/aromatic N) is 3. The molecular formula is C17H18N4O3S2. The van der Waals surface area contributed by atoms with Crippen LogP contribution in [-0.4, -0.2) is 32.5 Å². The number of carbonyl (C=O) groups excluding carboxylic acids is 2. The zero-order valence-electron chi connectivity index (χ0n) is 14.6. The van der Waals surface area contributed by atoms with Crippen LogP contribution in [0.1, 0.15) is 12.7 Å². The Bertz CT molecular complexity index is 1020. The Balaban J connectivity index is 1.60. The third-order valence-corrected chi connectivity index (χ3v) is 5.88. The molecule has 1 aromatic carbocycles. The van der Waals surface area contributed by atoms with Crippen LogP contribution in [0.15, 0.2) is 39.8 Å². The summed E-state index contributed by atoms with van der Waals surface area (Å²) in [4.78, 5) is 29.1. The van der Waals surface area contributed by atoms with Crippen LogP contribution in [0, 0.1) is 6.92 Å². The number of rotatable bonds is 5. The molecule has 0 spiro atoms. The van der Waals surface area contributed by atoms with Gasteiger partial charge in [0.15, 0.2) is 10.6 Å². The number of amides is 2. The third kappa shape index (κ3) is 4.23. The SMILES string of the molecule is Cc1cc(NC(=O)[C@@H](C)SCC(=O)N=c2sc3ccccc3n2C)no1. The number of aromatic nitrogens is 2. The molecule has 2 amide bonds. The smallest absolute Gasteiger partial charge is 0.258 e. The van der Waals surface area contributed by atoms with E-state index in [9.17, 15) is 9.59 Å². The van der Waals surface area contributed by atoms with E-state index in [2.05, 4.69) is 15.5 Å². The van der Waals surface area contributed by atoms with Crippen LogP contribution in [0.3, 0.4) is 0 Å². The van der Waals surface area contributed by atoms with Gasteiger partial charge < -0.3 is 14.4 Å². The van der Waals surface area contributed by atoms with E-state index in [4.69, 9.17) is 4.52 Å². The fourth-order valence-electron chi connectivity index (χ4n) is 2.25. The maximum Gasteiger partial charge on any atom is 0.258 e. The first-order valence-electron chi connectivity index (χ1n) is 7.92. The number of fused-ring (bicyclic) bond motifs is 1. The van der Waals surface area contributed by atoms with Crippen molar-refractivity contribution < 1.29 is 14.1 Å². The molecule has 2 aromatic heterocycles. The molecule has 26 heavy (non-hydrogen) atoms. The lowest BCUT2D eigenvalue weighted by atomic mass is 10.3. The van der Waals surface area contributed by atoms with E-state index in [1.807, 2.05) is 35.9 Å². The summed E-state index contributed by atoms with van der Waals surface area (Å²) >= 11 is 2.70. The second-order valence-corrected chi connectivity index (χ2v) is 8.02. The van der Waals surface area contributed by atoms with E-state index in [0.717, 1.165) is 10.2 Å². The fraction of sp³-hybridized carbons (Fsp3) is 0.294. The summed E-state index contributed by atoms with van der Waals surface area (Å²) in [5, 5.41) is 5.96. The normalized spacial score (nSPS) is 13.1. The summed E-state index contributed by atoms with van der Waals surface area (Å²) in [6, 6.07) is 9.53. The molecule has 0 aliphatic rings. The van der Waals surface area contributed by atoms with Gasteiger partial charge in [-0.25, -0.2) is 0 Å². The molecule has 0 unspecified atom stereocenters. The zero-order valence-corrected chi connectivity index (χ0v) is 16.2. The quantitative estimate of drug-likeness (QED) is 0.723. The molecule has 3 rings (SSSR count). The molecule has 0 bridgehead atoms. The van der Waals surface area contributed by atoms with Gasteiger partial charge in [-0.15, -0.1) is 11.8 Å². The predicted molar refractivity (Wildman–Crippen MR) is 103 cm³/mol. The fourth-order valence-corrected chi connectivity index (χ4v) is 3.96. The Labute approximate surface area is 158 Å². The number of carbonyl (C=O) groups is 2. The first kappa shape index (κ1) is 18.4. The summed E-state index contributed by atoms with van der Waals surface area (Å²) in [5.74, 6) is 0.609. The number of nitrogens with one attached hydrogen (secondary N) is 1. The summed E-state index contributed by atoms with van der Waals surface area (Å²) in [5.41, 5.74) is 1.03. The maximum atomic E-state index is 12.2. The number of aryl methyl sites for hydroxylation is 2. The van der Waals surface area contributed by atoms with Crippen molar-refractivity contribution in [3.8, 4) is 0 Å². The van der Waals surface area contributed by atoms with Crippen molar-refractivity contribution in [2.75, 3.05) is 11.1 Å². The van der Waals surface area contributed by atoms with Crippen LogP contribution in [0.5, 0.6) is 0 Å². The minimum atomic E-state index is -0.415. The third-order valence-electron chi connectivity index (χ3n) is 3.64. The number of para-hydroxylation sites is 1. The van der Waals surface area contributed by atoms with E-state index in [1.54, 1.807) is 19.9 Å². The van der Waals surface area contributed by atoms with Crippen LogP contribution < -0.4 is 10.1 Å². The monoisotopic (exact) mass is 390 g/mol. The van der Waals surface area contributed by atoms with Gasteiger partial charge in [0, 0.05) is 13.1 Å². The van der Waals surface area contributed by atoms with E-state index in [-0.39, 0.29) is 17.6 Å². The van der Waals surface area contributed by atoms with Crippen molar-refractivity contribution in [2.24, 2.45) is 12.0 Å². The molecule has 1 N–H and O–H groups in total. The van der Waals surface area contributed by atoms with Gasteiger partial charge in [0.05, 0.1) is 21.2 Å². The van der Waals surface area contributed by atoms with E-state index in [0.29, 0.717) is 16.4 Å². The van der Waals surface area contributed by atoms with Gasteiger partial charge in [0.25, 0.3) is 5.91 Å². The molecule has 136 valence electrons. The molecule has 7 nitrogen and oxygen atoms in total. The van der Waals surface area contributed by atoms with Crippen molar-refractivity contribution in [3.05, 3.63) is 40.9 Å². The molecule has 1 atom stereocenters. The lowest BCUT2D eigenvalue weighted by Gasteiger charge is -2.08. The minimum absolute atomic E-state index is 0.126. The summed E-state index contributed by atoms with van der Waals surface area (Å²) < 4.78 is 7.87. The first-order valence-corrected chi connectivity index (χ1v) is 9.78. The lowest BCUT2D eigenvalue weighted by molar-refractivity contribution is -0.115. The highest BCUT2D eigenvalue weighted by Gasteiger charge is 2.16. The zero-order chi connectivity index (χ0) is 18.7. The van der Waals surface area contributed by atoms with Crippen molar-refractivity contribution in [1.82, 2.24) is 9.72 Å². The molecule has 2 heterocycles. The van der Waals surface area contributed by atoms with E-state index < -0.39 is 5.25 Å². The Morgan fingerprint density at radius 2 is 2.19 bits per heavy atom. The second kappa shape index (κ2) is 7.88. The van der Waals surface area contributed by atoms with Crippen LogP contribution in [-0.2, 0) is 16.6 Å². The average Bonchev–Trinajstić information content (AvgIpc) is 3.16. The molecule has 9 heteroatoms. The largest absolute Gasteiger partial charge is 0.360 e. The second-order valence-electron chi connectivity index (χ2n) is 5.68. The Kier molecular flexibility index (Phi) is 5.58. The number of benzene rings is 1. The Hall–Kier alpha value is -2.39. The molecule has 0 saturated carbocycles. The number of hydrogen-bond donors (Lipinski definition) is 1. The molecule has 3 aromatic rings. The summed E-state index contributed by atoms with van der Waals surface area (Å²) in [6.45, 7) is 3.48. The molecule has 0 fully saturated rings. The Morgan fingerprint density at radius 3 is 2.88 bits per heavy atom. The molecule has 0 aliphatic carbocycles. The lowest BCUT2D eigenvalue weighted by Crippen LogP contribution is -2.24. The highest BCUT2D eigenvalue weighted by atomic mass is 32.2. The van der Waals surface area contributed by atoms with Gasteiger partial charge in [-0.3, -0.25) is 9.59 Å². The predicted octanol–water partition coefficient (Wildman–Crippen LogP) is 2.72. The number of hydrogen-bond acceptors (Lipinski definition) is 6. The summed E-state index contributed by atoms with van der Waals surface area (Å²) in [7, 11) is 1.88. The molecular weight excluding hydrogens is 372 g/mol. The highest BCUT2D eigenvalue weighted by molar-refractivity contribution is 8.01. The van der Waals surface area contributed by atoms with E-state index in [1.165, 1.54) is 23.1 Å². The first-order chi connectivity index (χ1) is 12.4. The van der Waals surface area contributed by atoms with Gasteiger partial charge >= 0.3 is 0 Å². The van der Waals surface area contributed by atoms with Crippen molar-refractivity contribution in [2.45, 2.75) is 19.1 Å². The van der Waals surface area contributed by atoms with E-state index >= 15 is 0 Å². The number of anilines is 1. The van der Waals surface area contributed by atoms with Crippen LogP contribution in [0.4, 0.5) is 5.82 Å². The van der Waals surface area contributed by atoms with Crippen LogP contribution in [0.2, 0.25) is 0 Å². The minimum Gasteiger partial charge on any atom is -0.360 e. The van der Waals surface area contributed by atoms with Crippen LogP contribution >= 0.6 is 23.1 Å². The topological polar surface area (TPSA) is 89.5 Å². The van der Waals surface area contributed by atoms with Gasteiger partial charge in [-0.1, -0.05) is 28.6 Å². The summed E-state index contributed by atoms with van der Waals surface area (Å²) in [6.07, 6.45) is 0. The van der Waals surface area contributed by atoms with Gasteiger partial charge in [0.2, 0.25) is 5.91 Å². The van der Waals surface area contributed by atoms with Crippen LogP contribution in [0.25, 0.3) is 10.2 Å².